The molecule has 0 amide bonds. The Morgan fingerprint density at radius 3 is 2.76 bits per heavy atom. The molecule has 1 fully saturated rings. The van der Waals surface area contributed by atoms with E-state index in [2.05, 4.69) is 22.6 Å². The highest BCUT2D eigenvalue weighted by Gasteiger charge is 2.19. The van der Waals surface area contributed by atoms with Crippen molar-refractivity contribution < 1.29 is 4.74 Å². The van der Waals surface area contributed by atoms with Crippen LogP contribution < -0.4 is 5.32 Å². The summed E-state index contributed by atoms with van der Waals surface area (Å²) < 4.78 is 5.38. The standard InChI is InChI=1S/C13H22N2OS/c1-10-15-12(9-17-10)7-8-14-11-3-5-13(16-2)6-4-11/h9,11,13-14H,3-8H2,1-2H3. The number of hydrogen-bond donors (Lipinski definition) is 1. The van der Waals surface area contributed by atoms with Crippen LogP contribution in [0.1, 0.15) is 36.4 Å². The molecule has 0 saturated heterocycles. The van der Waals surface area contributed by atoms with Crippen LogP contribution in [-0.2, 0) is 11.2 Å². The topological polar surface area (TPSA) is 34.1 Å². The monoisotopic (exact) mass is 254 g/mol. The van der Waals surface area contributed by atoms with Gasteiger partial charge in [0, 0.05) is 31.5 Å². The van der Waals surface area contributed by atoms with Gasteiger partial charge >= 0.3 is 0 Å². The molecule has 0 aromatic carbocycles. The summed E-state index contributed by atoms with van der Waals surface area (Å²) in [5.41, 5.74) is 1.23. The van der Waals surface area contributed by atoms with Crippen molar-refractivity contribution in [2.45, 2.75) is 51.2 Å². The minimum Gasteiger partial charge on any atom is -0.381 e. The van der Waals surface area contributed by atoms with Crippen LogP contribution in [0.3, 0.4) is 0 Å². The fourth-order valence-electron chi connectivity index (χ4n) is 2.43. The first-order valence-electron chi connectivity index (χ1n) is 6.45. The lowest BCUT2D eigenvalue weighted by atomic mass is 9.93. The largest absolute Gasteiger partial charge is 0.381 e. The van der Waals surface area contributed by atoms with Gasteiger partial charge in [0.15, 0.2) is 0 Å². The zero-order valence-corrected chi connectivity index (χ0v) is 11.6. The molecule has 17 heavy (non-hydrogen) atoms. The number of thiazole rings is 1. The number of methoxy groups -OCH3 is 1. The van der Waals surface area contributed by atoms with Gasteiger partial charge in [-0.05, 0) is 32.6 Å². The fourth-order valence-corrected chi connectivity index (χ4v) is 3.08. The lowest BCUT2D eigenvalue weighted by Crippen LogP contribution is -2.36. The third-order valence-corrected chi connectivity index (χ3v) is 4.31. The Bertz CT molecular complexity index is 332. The fraction of sp³-hybridized carbons (Fsp3) is 0.769. The average molecular weight is 254 g/mol. The maximum absolute atomic E-state index is 5.38. The summed E-state index contributed by atoms with van der Waals surface area (Å²) in [6, 6.07) is 0.682. The van der Waals surface area contributed by atoms with Crippen LogP contribution in [-0.4, -0.2) is 30.8 Å². The average Bonchev–Trinajstić information content (AvgIpc) is 2.76. The van der Waals surface area contributed by atoms with E-state index in [1.54, 1.807) is 11.3 Å². The highest BCUT2D eigenvalue weighted by molar-refractivity contribution is 7.09. The minimum absolute atomic E-state index is 0.495. The Kier molecular flexibility index (Phi) is 4.95. The second-order valence-corrected chi connectivity index (χ2v) is 5.83. The zero-order chi connectivity index (χ0) is 12.1. The number of aryl methyl sites for hydroxylation is 1. The maximum atomic E-state index is 5.38. The quantitative estimate of drug-likeness (QED) is 0.877. The SMILES string of the molecule is COC1CCC(NCCc2csc(C)n2)CC1. The molecule has 0 radical (unpaired) electrons. The smallest absolute Gasteiger partial charge is 0.0897 e. The van der Waals surface area contributed by atoms with Crippen molar-refractivity contribution in [2.75, 3.05) is 13.7 Å². The lowest BCUT2D eigenvalue weighted by Gasteiger charge is -2.28. The third-order valence-electron chi connectivity index (χ3n) is 3.49. The molecule has 1 saturated carbocycles. The Labute approximate surface area is 108 Å². The van der Waals surface area contributed by atoms with E-state index in [4.69, 9.17) is 4.74 Å². The van der Waals surface area contributed by atoms with Gasteiger partial charge in [-0.3, -0.25) is 0 Å². The summed E-state index contributed by atoms with van der Waals surface area (Å²) in [6.45, 7) is 3.11. The number of aromatic nitrogens is 1. The van der Waals surface area contributed by atoms with Gasteiger partial charge in [0.05, 0.1) is 16.8 Å². The summed E-state index contributed by atoms with van der Waals surface area (Å²) in [4.78, 5) is 4.48. The van der Waals surface area contributed by atoms with Crippen molar-refractivity contribution in [2.24, 2.45) is 0 Å². The van der Waals surface area contributed by atoms with Crippen molar-refractivity contribution in [1.29, 1.82) is 0 Å². The molecule has 0 atom stereocenters. The van der Waals surface area contributed by atoms with Crippen LogP contribution in [0.25, 0.3) is 0 Å². The molecule has 3 nitrogen and oxygen atoms in total. The molecule has 0 spiro atoms. The van der Waals surface area contributed by atoms with Gasteiger partial charge in [-0.25, -0.2) is 4.98 Å². The summed E-state index contributed by atoms with van der Waals surface area (Å²) in [5.74, 6) is 0. The van der Waals surface area contributed by atoms with Crippen molar-refractivity contribution in [3.05, 3.63) is 16.1 Å². The molecule has 1 heterocycles. The minimum atomic E-state index is 0.495. The van der Waals surface area contributed by atoms with Gasteiger partial charge in [0.2, 0.25) is 0 Å². The van der Waals surface area contributed by atoms with Crippen molar-refractivity contribution in [1.82, 2.24) is 10.3 Å². The van der Waals surface area contributed by atoms with Gasteiger partial charge in [-0.2, -0.15) is 0 Å². The van der Waals surface area contributed by atoms with E-state index in [0.29, 0.717) is 12.1 Å². The van der Waals surface area contributed by atoms with E-state index >= 15 is 0 Å². The van der Waals surface area contributed by atoms with Crippen LogP contribution >= 0.6 is 11.3 Å². The highest BCUT2D eigenvalue weighted by Crippen LogP contribution is 2.20. The summed E-state index contributed by atoms with van der Waals surface area (Å²) in [7, 11) is 1.82. The second-order valence-electron chi connectivity index (χ2n) is 4.77. The maximum Gasteiger partial charge on any atom is 0.0897 e. The van der Waals surface area contributed by atoms with Crippen molar-refractivity contribution in [3.8, 4) is 0 Å². The molecule has 1 aliphatic carbocycles. The summed E-state index contributed by atoms with van der Waals surface area (Å²) >= 11 is 1.74. The van der Waals surface area contributed by atoms with Crippen LogP contribution in [0.5, 0.6) is 0 Å². The van der Waals surface area contributed by atoms with E-state index in [0.717, 1.165) is 13.0 Å². The van der Waals surface area contributed by atoms with Gasteiger partial charge < -0.3 is 10.1 Å². The molecular formula is C13H22N2OS. The molecule has 1 N–H and O–H groups in total. The van der Waals surface area contributed by atoms with Crippen molar-refractivity contribution in [3.63, 3.8) is 0 Å². The molecule has 0 bridgehead atoms. The zero-order valence-electron chi connectivity index (χ0n) is 10.7. The number of rotatable bonds is 5. The van der Waals surface area contributed by atoms with E-state index in [-0.39, 0.29) is 0 Å². The lowest BCUT2D eigenvalue weighted by molar-refractivity contribution is 0.0626. The Balaban J connectivity index is 1.63. The first kappa shape index (κ1) is 13.0. The summed E-state index contributed by atoms with van der Waals surface area (Å²) in [6.07, 6.45) is 6.43. The molecule has 1 aromatic heterocycles. The second kappa shape index (κ2) is 6.47. The molecule has 4 heteroatoms. The molecule has 0 unspecified atom stereocenters. The Hall–Kier alpha value is -0.450. The molecule has 1 aliphatic rings. The number of hydrogen-bond acceptors (Lipinski definition) is 4. The summed E-state index contributed by atoms with van der Waals surface area (Å²) in [5, 5.41) is 6.97. The predicted molar refractivity (Wildman–Crippen MR) is 71.6 cm³/mol. The van der Waals surface area contributed by atoms with E-state index < -0.39 is 0 Å². The molecule has 0 aliphatic heterocycles. The first-order chi connectivity index (χ1) is 8.28. The molecular weight excluding hydrogens is 232 g/mol. The third kappa shape index (κ3) is 4.05. The Morgan fingerprint density at radius 2 is 2.18 bits per heavy atom. The van der Waals surface area contributed by atoms with Gasteiger partial charge in [-0.1, -0.05) is 0 Å². The number of ether oxygens (including phenoxy) is 1. The molecule has 96 valence electrons. The van der Waals surface area contributed by atoms with Crippen LogP contribution in [0.15, 0.2) is 5.38 Å². The Morgan fingerprint density at radius 1 is 1.41 bits per heavy atom. The van der Waals surface area contributed by atoms with Crippen LogP contribution in [0.2, 0.25) is 0 Å². The van der Waals surface area contributed by atoms with Crippen LogP contribution in [0.4, 0.5) is 0 Å². The number of nitrogens with one attached hydrogen (secondary N) is 1. The number of nitrogens with zero attached hydrogens (tertiary/aromatic N) is 1. The van der Waals surface area contributed by atoms with E-state index in [1.165, 1.54) is 36.4 Å². The highest BCUT2D eigenvalue weighted by atomic mass is 32.1. The van der Waals surface area contributed by atoms with Gasteiger partial charge in [0.25, 0.3) is 0 Å². The normalized spacial score (nSPS) is 25.1. The van der Waals surface area contributed by atoms with E-state index in [9.17, 15) is 0 Å². The van der Waals surface area contributed by atoms with Gasteiger partial charge in [0.1, 0.15) is 0 Å². The first-order valence-corrected chi connectivity index (χ1v) is 7.33. The van der Waals surface area contributed by atoms with Crippen LogP contribution in [0, 0.1) is 6.92 Å². The van der Waals surface area contributed by atoms with Crippen molar-refractivity contribution >= 4 is 11.3 Å². The predicted octanol–water partition coefficient (Wildman–Crippen LogP) is 2.54. The molecule has 2 rings (SSSR count). The molecule has 1 aromatic rings. The van der Waals surface area contributed by atoms with E-state index in [1.807, 2.05) is 7.11 Å². The van der Waals surface area contributed by atoms with Gasteiger partial charge in [-0.15, -0.1) is 11.3 Å².